The van der Waals surface area contributed by atoms with Gasteiger partial charge in [-0.15, -0.1) is 0 Å². The summed E-state index contributed by atoms with van der Waals surface area (Å²) in [6.07, 6.45) is 1.46. The highest BCUT2D eigenvalue weighted by molar-refractivity contribution is 7.91. The summed E-state index contributed by atoms with van der Waals surface area (Å²) in [5.41, 5.74) is 0.361. The van der Waals surface area contributed by atoms with Crippen LogP contribution in [-0.4, -0.2) is 54.6 Å². The van der Waals surface area contributed by atoms with Crippen LogP contribution in [0.2, 0.25) is 0 Å². The van der Waals surface area contributed by atoms with Crippen LogP contribution in [0.1, 0.15) is 25.0 Å². The molecule has 3 heterocycles. The molecule has 0 aliphatic carbocycles. The number of piperidine rings is 1. The Kier molecular flexibility index (Phi) is 4.08. The molecule has 21 heavy (non-hydrogen) atoms. The van der Waals surface area contributed by atoms with Gasteiger partial charge in [-0.3, -0.25) is 0 Å². The van der Waals surface area contributed by atoms with Gasteiger partial charge in [0.2, 0.25) is 0 Å². The number of aryl methyl sites for hydroxylation is 1. The number of ether oxygens (including phenoxy) is 1. The second-order valence-electron chi connectivity index (χ2n) is 5.91. The lowest BCUT2D eigenvalue weighted by Gasteiger charge is -2.47. The normalized spacial score (nSPS) is 27.0. The third-order valence-corrected chi connectivity index (χ3v) is 7.69. The molecule has 2 aliphatic rings. The molecule has 2 saturated heterocycles. The Morgan fingerprint density at radius 2 is 2.19 bits per heavy atom. The van der Waals surface area contributed by atoms with Crippen molar-refractivity contribution in [1.29, 1.82) is 0 Å². The Morgan fingerprint density at radius 3 is 2.81 bits per heavy atom. The van der Waals surface area contributed by atoms with Crippen LogP contribution in [0.4, 0.5) is 0 Å². The molecule has 8 heteroatoms. The van der Waals surface area contributed by atoms with E-state index in [2.05, 4.69) is 4.37 Å². The zero-order valence-corrected chi connectivity index (χ0v) is 13.6. The highest BCUT2D eigenvalue weighted by atomic mass is 32.2. The van der Waals surface area contributed by atoms with Crippen LogP contribution in [0.15, 0.2) is 10.3 Å². The molecule has 1 aromatic rings. The number of hydrogen-bond donors (Lipinski definition) is 1. The summed E-state index contributed by atoms with van der Waals surface area (Å²) >= 11 is 1.02. The molecule has 2 aliphatic heterocycles. The summed E-state index contributed by atoms with van der Waals surface area (Å²) in [5, 5.41) is 10.4. The highest BCUT2D eigenvalue weighted by Crippen LogP contribution is 2.41. The molecule has 1 spiro atoms. The molecule has 1 unspecified atom stereocenters. The molecular formula is C13H20N2O4S2. The van der Waals surface area contributed by atoms with E-state index in [4.69, 9.17) is 4.74 Å². The van der Waals surface area contributed by atoms with Crippen molar-refractivity contribution >= 4 is 21.6 Å². The van der Waals surface area contributed by atoms with E-state index in [1.54, 1.807) is 13.0 Å². The minimum absolute atomic E-state index is 0.290. The van der Waals surface area contributed by atoms with Gasteiger partial charge in [-0.1, -0.05) is 0 Å². The number of nitrogens with zero attached hydrogens (tertiary/aromatic N) is 2. The molecule has 1 atom stereocenters. The van der Waals surface area contributed by atoms with Gasteiger partial charge in [0, 0.05) is 31.7 Å². The van der Waals surface area contributed by atoms with E-state index in [-0.39, 0.29) is 5.41 Å². The topological polar surface area (TPSA) is 79.7 Å². The van der Waals surface area contributed by atoms with Gasteiger partial charge in [0.05, 0.1) is 11.8 Å². The monoisotopic (exact) mass is 332 g/mol. The van der Waals surface area contributed by atoms with Crippen LogP contribution in [0.3, 0.4) is 0 Å². The summed E-state index contributed by atoms with van der Waals surface area (Å²) in [7, 11) is -3.50. The largest absolute Gasteiger partial charge is 0.392 e. The molecule has 1 aromatic heterocycles. The average molecular weight is 332 g/mol. The van der Waals surface area contributed by atoms with E-state index in [0.717, 1.165) is 17.2 Å². The molecule has 0 amide bonds. The fraction of sp³-hybridized carbons (Fsp3) is 0.769. The number of aliphatic hydroxyl groups excluding tert-OH is 1. The van der Waals surface area contributed by atoms with Crippen molar-refractivity contribution in [3.05, 3.63) is 11.8 Å². The van der Waals surface area contributed by atoms with E-state index in [1.807, 2.05) is 0 Å². The predicted octanol–water partition coefficient (Wildman–Crippen LogP) is 1.00. The average Bonchev–Trinajstić information content (AvgIpc) is 2.90. The Balaban J connectivity index is 1.86. The fourth-order valence-electron chi connectivity index (χ4n) is 3.17. The first-order chi connectivity index (χ1) is 9.94. The van der Waals surface area contributed by atoms with Crippen LogP contribution < -0.4 is 0 Å². The Bertz CT molecular complexity index is 607. The third kappa shape index (κ3) is 2.75. The van der Waals surface area contributed by atoms with Gasteiger partial charge in [-0.2, -0.15) is 8.68 Å². The predicted molar refractivity (Wildman–Crippen MR) is 78.7 cm³/mol. The lowest BCUT2D eigenvalue weighted by molar-refractivity contribution is -0.0896. The van der Waals surface area contributed by atoms with E-state index in [1.165, 1.54) is 4.31 Å². The molecule has 6 nitrogen and oxygen atoms in total. The van der Waals surface area contributed by atoms with Crippen molar-refractivity contribution < 1.29 is 18.3 Å². The lowest BCUT2D eigenvalue weighted by Crippen LogP contribution is -2.55. The molecule has 2 fully saturated rings. The summed E-state index contributed by atoms with van der Waals surface area (Å²) in [5.74, 6) is 0. The molecule has 0 aromatic carbocycles. The standard InChI is InChI=1S/C13H20N2O4S2/c1-10-8-12(20-14-10)21(17,18)15-5-2-11(16)13(9-15)3-6-19-7-4-13/h8,11,16H,2-7,9H2,1H3. The van der Waals surface area contributed by atoms with E-state index in [0.29, 0.717) is 49.8 Å². The number of aliphatic hydroxyl groups is 1. The summed E-state index contributed by atoms with van der Waals surface area (Å²) in [4.78, 5) is 0. The number of hydrogen-bond acceptors (Lipinski definition) is 6. The number of sulfonamides is 1. The highest BCUT2D eigenvalue weighted by Gasteiger charge is 2.46. The maximum absolute atomic E-state index is 12.7. The summed E-state index contributed by atoms with van der Waals surface area (Å²) < 4.78 is 36.7. The lowest BCUT2D eigenvalue weighted by atomic mass is 9.72. The zero-order chi connectivity index (χ0) is 15.1. The van der Waals surface area contributed by atoms with E-state index in [9.17, 15) is 13.5 Å². The van der Waals surface area contributed by atoms with E-state index < -0.39 is 16.1 Å². The fourth-order valence-corrected chi connectivity index (χ4v) is 5.83. The quantitative estimate of drug-likeness (QED) is 0.874. The van der Waals surface area contributed by atoms with Crippen LogP contribution in [0, 0.1) is 12.3 Å². The maximum atomic E-state index is 12.7. The van der Waals surface area contributed by atoms with Gasteiger partial charge in [0.15, 0.2) is 4.21 Å². The van der Waals surface area contributed by atoms with Crippen molar-refractivity contribution in [3.63, 3.8) is 0 Å². The molecule has 0 radical (unpaired) electrons. The first-order valence-corrected chi connectivity index (χ1v) is 9.35. The Labute approximate surface area is 128 Å². The van der Waals surface area contributed by atoms with Gasteiger partial charge in [0.25, 0.3) is 10.0 Å². The van der Waals surface area contributed by atoms with Gasteiger partial charge >= 0.3 is 0 Å². The van der Waals surface area contributed by atoms with Gasteiger partial charge < -0.3 is 9.84 Å². The second-order valence-corrected chi connectivity index (χ2v) is 8.87. The first-order valence-electron chi connectivity index (χ1n) is 7.13. The minimum atomic E-state index is -3.50. The van der Waals surface area contributed by atoms with Crippen LogP contribution in [0.25, 0.3) is 0 Å². The van der Waals surface area contributed by atoms with Crippen molar-refractivity contribution in [2.24, 2.45) is 5.41 Å². The van der Waals surface area contributed by atoms with Crippen LogP contribution in [-0.2, 0) is 14.8 Å². The van der Waals surface area contributed by atoms with E-state index >= 15 is 0 Å². The summed E-state index contributed by atoms with van der Waals surface area (Å²) in [6, 6.07) is 1.61. The number of rotatable bonds is 2. The Morgan fingerprint density at radius 1 is 1.48 bits per heavy atom. The molecular weight excluding hydrogens is 312 g/mol. The van der Waals surface area contributed by atoms with Crippen molar-refractivity contribution in [2.45, 2.75) is 36.5 Å². The van der Waals surface area contributed by atoms with Gasteiger partial charge in [-0.05, 0) is 43.8 Å². The Hall–Kier alpha value is -0.540. The van der Waals surface area contributed by atoms with Gasteiger partial charge in [-0.25, -0.2) is 8.42 Å². The maximum Gasteiger partial charge on any atom is 0.254 e. The molecule has 1 N–H and O–H groups in total. The van der Waals surface area contributed by atoms with Gasteiger partial charge in [0.1, 0.15) is 0 Å². The zero-order valence-electron chi connectivity index (χ0n) is 12.0. The van der Waals surface area contributed by atoms with Crippen molar-refractivity contribution in [1.82, 2.24) is 8.68 Å². The van der Waals surface area contributed by atoms with Crippen LogP contribution >= 0.6 is 11.5 Å². The smallest absolute Gasteiger partial charge is 0.254 e. The molecule has 0 saturated carbocycles. The molecule has 3 rings (SSSR count). The number of aromatic nitrogens is 1. The summed E-state index contributed by atoms with van der Waals surface area (Å²) in [6.45, 7) is 3.70. The second kappa shape index (κ2) is 5.58. The third-order valence-electron chi connectivity index (χ3n) is 4.54. The van der Waals surface area contributed by atoms with Crippen molar-refractivity contribution in [2.75, 3.05) is 26.3 Å². The molecule has 118 valence electrons. The first kappa shape index (κ1) is 15.4. The molecule has 0 bridgehead atoms. The minimum Gasteiger partial charge on any atom is -0.392 e. The van der Waals surface area contributed by atoms with Crippen LogP contribution in [0.5, 0.6) is 0 Å². The SMILES string of the molecule is Cc1cc(S(=O)(=O)N2CCC(O)C3(CCOCC3)C2)sn1. The van der Waals surface area contributed by atoms with Crippen molar-refractivity contribution in [3.8, 4) is 0 Å².